The monoisotopic (exact) mass is 431 g/mol. The lowest BCUT2D eigenvalue weighted by Crippen LogP contribution is -2.33. The van der Waals surface area contributed by atoms with Crippen LogP contribution < -0.4 is 5.32 Å². The smallest absolute Gasteiger partial charge is 0.280 e. The Labute approximate surface area is 173 Å². The Hall–Kier alpha value is -2.56. The number of carbonyl (C=O) groups excluding carboxylic acids is 1. The number of sulfonamides is 1. The van der Waals surface area contributed by atoms with Crippen molar-refractivity contribution in [3.05, 3.63) is 64.0 Å². The number of amides is 1. The third-order valence-electron chi connectivity index (χ3n) is 4.74. The van der Waals surface area contributed by atoms with Crippen LogP contribution in [0.5, 0.6) is 0 Å². The van der Waals surface area contributed by atoms with Crippen LogP contribution in [0.3, 0.4) is 0 Å². The Morgan fingerprint density at radius 3 is 2.69 bits per heavy atom. The number of carbonyl (C=O) groups is 1. The second kappa shape index (κ2) is 8.05. The number of benzene rings is 1. The second-order valence-electron chi connectivity index (χ2n) is 6.84. The highest BCUT2D eigenvalue weighted by Crippen LogP contribution is 2.25. The molecule has 10 heteroatoms. The zero-order chi connectivity index (χ0) is 20.4. The highest BCUT2D eigenvalue weighted by atomic mass is 32.2. The van der Waals surface area contributed by atoms with E-state index in [9.17, 15) is 13.2 Å². The van der Waals surface area contributed by atoms with Gasteiger partial charge in [-0.25, -0.2) is 18.4 Å². The molecule has 0 radical (unpaired) electrons. The molecule has 1 aliphatic rings. The third kappa shape index (κ3) is 4.24. The number of fused-ring (bicyclic) bond motifs is 1. The van der Waals surface area contributed by atoms with Gasteiger partial charge >= 0.3 is 0 Å². The van der Waals surface area contributed by atoms with E-state index in [4.69, 9.17) is 0 Å². The Kier molecular flexibility index (Phi) is 5.48. The summed E-state index contributed by atoms with van der Waals surface area (Å²) in [5, 5.41) is 3.37. The van der Waals surface area contributed by atoms with Crippen LogP contribution in [0, 0.1) is 0 Å². The molecule has 8 nitrogen and oxygen atoms in total. The second-order valence-corrected chi connectivity index (χ2v) is 9.81. The number of hydrogen-bond donors (Lipinski definition) is 1. The van der Waals surface area contributed by atoms with Gasteiger partial charge in [0.05, 0.1) is 12.0 Å². The molecule has 1 aromatic carbocycles. The highest BCUT2D eigenvalue weighted by Gasteiger charge is 2.30. The van der Waals surface area contributed by atoms with Gasteiger partial charge in [-0.05, 0) is 12.0 Å². The molecule has 1 amide bonds. The van der Waals surface area contributed by atoms with Crippen LogP contribution in [-0.4, -0.2) is 46.3 Å². The molecule has 0 spiro atoms. The van der Waals surface area contributed by atoms with Crippen molar-refractivity contribution in [2.45, 2.75) is 24.4 Å². The average molecular weight is 432 g/mol. The first-order chi connectivity index (χ1) is 13.9. The first kappa shape index (κ1) is 19.7. The van der Waals surface area contributed by atoms with Gasteiger partial charge in [0, 0.05) is 44.2 Å². The number of nitrogens with one attached hydrogen (secondary N) is 1. The van der Waals surface area contributed by atoms with E-state index in [0.717, 1.165) is 16.1 Å². The maximum absolute atomic E-state index is 12.8. The van der Waals surface area contributed by atoms with E-state index in [1.807, 2.05) is 30.3 Å². The van der Waals surface area contributed by atoms with Gasteiger partial charge in [-0.15, -0.1) is 11.3 Å². The Morgan fingerprint density at radius 2 is 1.97 bits per heavy atom. The van der Waals surface area contributed by atoms with Crippen molar-refractivity contribution >= 4 is 27.3 Å². The van der Waals surface area contributed by atoms with Gasteiger partial charge in [0.2, 0.25) is 0 Å². The molecule has 0 unspecified atom stereocenters. The van der Waals surface area contributed by atoms with Crippen LogP contribution in [0.2, 0.25) is 0 Å². The summed E-state index contributed by atoms with van der Waals surface area (Å²) in [4.78, 5) is 21.9. The summed E-state index contributed by atoms with van der Waals surface area (Å²) < 4.78 is 28.6. The zero-order valence-electron chi connectivity index (χ0n) is 15.9. The summed E-state index contributed by atoms with van der Waals surface area (Å²) in [5.74, 6) is -0.204. The fourth-order valence-electron chi connectivity index (χ4n) is 3.19. The molecular formula is C19H21N5O3S2. The Bertz CT molecular complexity index is 1100. The summed E-state index contributed by atoms with van der Waals surface area (Å²) in [5.41, 5.74) is 1.83. The molecule has 3 aromatic rings. The molecule has 4 rings (SSSR count). The van der Waals surface area contributed by atoms with Gasteiger partial charge in [0.1, 0.15) is 0 Å². The van der Waals surface area contributed by atoms with E-state index < -0.39 is 10.0 Å². The summed E-state index contributed by atoms with van der Waals surface area (Å²) >= 11 is 1.34. The molecule has 3 heterocycles. The molecule has 1 N–H and O–H groups in total. The number of rotatable bonds is 5. The van der Waals surface area contributed by atoms with Crippen LogP contribution >= 0.6 is 11.3 Å². The van der Waals surface area contributed by atoms with Crippen LogP contribution in [0.15, 0.2) is 47.9 Å². The molecule has 0 saturated heterocycles. The van der Waals surface area contributed by atoms with Gasteiger partial charge in [-0.3, -0.25) is 4.79 Å². The summed E-state index contributed by atoms with van der Waals surface area (Å²) in [6.45, 7) is 1.11. The van der Waals surface area contributed by atoms with Gasteiger partial charge < -0.3 is 9.88 Å². The van der Waals surface area contributed by atoms with Crippen molar-refractivity contribution in [2.24, 2.45) is 7.05 Å². The lowest BCUT2D eigenvalue weighted by atomic mass is 10.2. The van der Waals surface area contributed by atoms with Gasteiger partial charge in [-0.2, -0.15) is 4.31 Å². The number of hydrogen-bond acceptors (Lipinski definition) is 6. The molecule has 0 bridgehead atoms. The minimum atomic E-state index is -3.63. The van der Waals surface area contributed by atoms with Crippen LogP contribution in [0.1, 0.15) is 25.9 Å². The largest absolute Gasteiger partial charge is 0.346 e. The molecule has 1 aliphatic heterocycles. The van der Waals surface area contributed by atoms with Crippen LogP contribution in [0.25, 0.3) is 0 Å². The normalized spacial score (nSPS) is 14.9. The maximum Gasteiger partial charge on any atom is 0.280 e. The molecule has 0 fully saturated rings. The van der Waals surface area contributed by atoms with Gasteiger partial charge in [0.25, 0.3) is 15.9 Å². The molecule has 0 saturated carbocycles. The van der Waals surface area contributed by atoms with Crippen LogP contribution in [0.4, 0.5) is 0 Å². The van der Waals surface area contributed by atoms with E-state index in [1.54, 1.807) is 11.6 Å². The predicted molar refractivity (Wildman–Crippen MR) is 109 cm³/mol. The van der Waals surface area contributed by atoms with Crippen molar-refractivity contribution < 1.29 is 13.2 Å². The highest BCUT2D eigenvalue weighted by molar-refractivity contribution is 7.89. The van der Waals surface area contributed by atoms with Crippen molar-refractivity contribution in [3.8, 4) is 0 Å². The number of thiazole rings is 1. The van der Waals surface area contributed by atoms with Crippen LogP contribution in [-0.2, 0) is 36.5 Å². The molecular weight excluding hydrogens is 410 g/mol. The average Bonchev–Trinajstić information content (AvgIpc) is 3.28. The summed E-state index contributed by atoms with van der Waals surface area (Å²) in [7, 11) is -1.89. The summed E-state index contributed by atoms with van der Waals surface area (Å²) in [6, 6.07) is 9.69. The number of nitrogens with zero attached hydrogens (tertiary/aromatic N) is 4. The van der Waals surface area contributed by atoms with Gasteiger partial charge in [0.15, 0.2) is 10.0 Å². The molecule has 0 atom stereocenters. The lowest BCUT2D eigenvalue weighted by molar-refractivity contribution is 0.0950. The van der Waals surface area contributed by atoms with Crippen molar-refractivity contribution in [3.63, 3.8) is 0 Å². The Balaban J connectivity index is 1.42. The van der Waals surface area contributed by atoms with E-state index >= 15 is 0 Å². The standard InChI is InChI=1S/C19H21N5O3S2/c1-23-12-17(21-13-23)29(26,27)24-9-7-15-16(8-10-24)28-19(22-15)18(25)20-11-14-5-3-2-4-6-14/h2-6,12-13H,7-11H2,1H3,(H,20,25). The van der Waals surface area contributed by atoms with Gasteiger partial charge in [-0.1, -0.05) is 30.3 Å². The SMILES string of the molecule is Cn1cnc(S(=O)(=O)N2CCc3nc(C(=O)NCc4ccccc4)sc3CC2)c1. The molecule has 29 heavy (non-hydrogen) atoms. The fraction of sp³-hybridized carbons (Fsp3) is 0.316. The first-order valence-corrected chi connectivity index (χ1v) is 11.5. The molecule has 152 valence electrons. The van der Waals surface area contributed by atoms with Crippen molar-refractivity contribution in [1.29, 1.82) is 0 Å². The lowest BCUT2D eigenvalue weighted by Gasteiger charge is -2.18. The minimum Gasteiger partial charge on any atom is -0.346 e. The van der Waals surface area contributed by atoms with Crippen molar-refractivity contribution in [2.75, 3.05) is 13.1 Å². The van der Waals surface area contributed by atoms with E-state index in [2.05, 4.69) is 15.3 Å². The molecule has 0 aliphatic carbocycles. The van der Waals surface area contributed by atoms with Crippen molar-refractivity contribution in [1.82, 2.24) is 24.2 Å². The number of aryl methyl sites for hydroxylation is 1. The quantitative estimate of drug-likeness (QED) is 0.662. The molecule has 2 aromatic heterocycles. The number of aromatic nitrogens is 3. The fourth-order valence-corrected chi connectivity index (χ4v) is 5.61. The number of imidazole rings is 1. The zero-order valence-corrected chi connectivity index (χ0v) is 17.5. The third-order valence-corrected chi connectivity index (χ3v) is 7.68. The maximum atomic E-state index is 12.8. The topological polar surface area (TPSA) is 97.2 Å². The Morgan fingerprint density at radius 1 is 1.21 bits per heavy atom. The van der Waals surface area contributed by atoms with E-state index in [1.165, 1.54) is 28.2 Å². The first-order valence-electron chi connectivity index (χ1n) is 9.22. The summed E-state index contributed by atoms with van der Waals surface area (Å²) in [6.07, 6.45) is 3.99. The minimum absolute atomic E-state index is 0.0548. The van der Waals surface area contributed by atoms with E-state index in [-0.39, 0.29) is 10.9 Å². The van der Waals surface area contributed by atoms with E-state index in [0.29, 0.717) is 37.5 Å². The predicted octanol–water partition coefficient (Wildman–Crippen LogP) is 1.60.